The molecule has 3 aliphatic heterocycles. The molecule has 0 bridgehead atoms. The van der Waals surface area contributed by atoms with E-state index in [4.69, 9.17) is 24.2 Å². The summed E-state index contributed by atoms with van der Waals surface area (Å²) < 4.78 is 40.1. The van der Waals surface area contributed by atoms with Gasteiger partial charge in [-0.25, -0.2) is 4.98 Å². The Hall–Kier alpha value is -4.41. The van der Waals surface area contributed by atoms with Gasteiger partial charge in [0.25, 0.3) is 0 Å². The predicted octanol–water partition coefficient (Wildman–Crippen LogP) is 12.6. The third-order valence-corrected chi connectivity index (χ3v) is 12.6. The Bertz CT molecular complexity index is 2670. The number of hydrogen-bond acceptors (Lipinski definition) is 6. The van der Waals surface area contributed by atoms with E-state index in [0.717, 1.165) is 61.6 Å². The van der Waals surface area contributed by atoms with Crippen LogP contribution in [0.4, 0.5) is 17.2 Å². The van der Waals surface area contributed by atoms with E-state index in [1.54, 1.807) is 0 Å². The molecular formula is C50H53N3O3Pt. The topological polar surface area (TPSA) is 56.2 Å². The second-order valence-electron chi connectivity index (χ2n) is 19.2. The van der Waals surface area contributed by atoms with Crippen molar-refractivity contribution in [3.8, 4) is 23.0 Å². The van der Waals surface area contributed by atoms with E-state index in [-0.39, 0.29) is 31.9 Å². The Morgan fingerprint density at radius 3 is 2.18 bits per heavy atom. The molecule has 0 amide bonds. The maximum atomic E-state index is 9.78. The number of fused-ring (bicyclic) bond motifs is 7. The molecule has 0 saturated carbocycles. The first-order chi connectivity index (χ1) is 26.9. The van der Waals surface area contributed by atoms with Crippen LogP contribution >= 0.6 is 0 Å². The number of ether oxygens (including phenoxy) is 3. The maximum Gasteiger partial charge on any atom is 2.00 e. The fourth-order valence-corrected chi connectivity index (χ4v) is 9.18. The van der Waals surface area contributed by atoms with E-state index in [1.165, 1.54) is 5.56 Å². The monoisotopic (exact) mass is 940 g/mol. The second kappa shape index (κ2) is 12.5. The van der Waals surface area contributed by atoms with Crippen LogP contribution in [-0.2, 0) is 48.5 Å². The third kappa shape index (κ3) is 5.67. The van der Waals surface area contributed by atoms with Gasteiger partial charge in [-0.05, 0) is 96.5 Å². The largest absolute Gasteiger partial charge is 2.00 e. The van der Waals surface area contributed by atoms with E-state index in [2.05, 4.69) is 124 Å². The molecule has 0 spiro atoms. The number of nitrogens with zero attached hydrogens (tertiary/aromatic N) is 3. The molecule has 1 aliphatic carbocycles. The second-order valence-corrected chi connectivity index (χ2v) is 19.2. The van der Waals surface area contributed by atoms with Crippen molar-refractivity contribution in [3.63, 3.8) is 0 Å². The van der Waals surface area contributed by atoms with E-state index in [1.807, 2.05) is 45.2 Å². The minimum absolute atomic E-state index is 0. The van der Waals surface area contributed by atoms with Crippen LogP contribution in [0, 0.1) is 52.2 Å². The van der Waals surface area contributed by atoms with Gasteiger partial charge in [0.2, 0.25) is 0 Å². The third-order valence-electron chi connectivity index (χ3n) is 12.6. The Kier molecular flexibility index (Phi) is 8.12. The standard InChI is InChI=1S/C50H53N3O3.Pt/c1-27-15-38-43-41(16-27)55-42-17-28(2)26-51-44(42)53(43)39-24-40(31(5)20-37(39)48(38,12)13)54-35-22-32(21-34(23-35)46(6,7)8)45-52-49(14)36-19-30(4)29(3)18-33(36)25-50(49,56-45)47(9,10)11;/h15-21,23,26H,25H2,1-14H3;/q-2;+2/t49-,50-;/m1./s1/i25D2;. The van der Waals surface area contributed by atoms with Gasteiger partial charge >= 0.3 is 21.1 Å². The van der Waals surface area contributed by atoms with Gasteiger partial charge in [0.15, 0.2) is 17.3 Å². The van der Waals surface area contributed by atoms with Crippen molar-refractivity contribution >= 4 is 23.1 Å². The number of aliphatic imine (C=N–C) groups is 1. The fourth-order valence-electron chi connectivity index (χ4n) is 9.18. The first-order valence-corrected chi connectivity index (χ1v) is 19.7. The number of rotatable bonds is 3. The summed E-state index contributed by atoms with van der Waals surface area (Å²) in [6.45, 7) is 29.5. The quantitative estimate of drug-likeness (QED) is 0.166. The average molecular weight is 941 g/mol. The van der Waals surface area contributed by atoms with Crippen LogP contribution in [0.1, 0.15) is 126 Å². The number of aromatic nitrogens is 1. The molecule has 57 heavy (non-hydrogen) atoms. The van der Waals surface area contributed by atoms with Crippen molar-refractivity contribution in [1.29, 1.82) is 0 Å². The summed E-state index contributed by atoms with van der Waals surface area (Å²) in [5.41, 5.74) is 8.87. The molecule has 9 rings (SSSR count). The summed E-state index contributed by atoms with van der Waals surface area (Å²) in [7, 11) is 0. The van der Waals surface area contributed by atoms with Gasteiger partial charge in [-0.3, -0.25) is 4.99 Å². The van der Waals surface area contributed by atoms with Crippen LogP contribution in [0.3, 0.4) is 0 Å². The molecule has 0 N–H and O–H groups in total. The van der Waals surface area contributed by atoms with Gasteiger partial charge in [0.1, 0.15) is 17.0 Å². The van der Waals surface area contributed by atoms with Gasteiger partial charge in [-0.15, -0.1) is 28.8 Å². The summed E-state index contributed by atoms with van der Waals surface area (Å²) in [4.78, 5) is 12.5. The van der Waals surface area contributed by atoms with Crippen molar-refractivity contribution in [3.05, 3.63) is 128 Å². The SMILES string of the molecule is [2H]C1([2H])c2cc(C)c(C)cc2[C@@]2(C)N=C(c3[c-]c(Oc4[c-]c5c(cc4C)C(C)(C)c4cc(C)cc6c4N5c4ncc(C)cc4O6)cc(C(C)(C)C)c3)O[C@@]12C(C)(C)C.[Pt+2]. The summed E-state index contributed by atoms with van der Waals surface area (Å²) in [5, 5.41) is 0. The number of benzene rings is 4. The van der Waals surface area contributed by atoms with Gasteiger partial charge in [0.05, 0.1) is 5.69 Å². The van der Waals surface area contributed by atoms with Gasteiger partial charge in [0, 0.05) is 32.2 Å². The Morgan fingerprint density at radius 2 is 1.47 bits per heavy atom. The molecule has 7 heteroatoms. The number of hydrogen-bond donors (Lipinski definition) is 0. The van der Waals surface area contributed by atoms with E-state index >= 15 is 0 Å². The van der Waals surface area contributed by atoms with Crippen LogP contribution in [0.5, 0.6) is 23.0 Å². The van der Waals surface area contributed by atoms with Crippen molar-refractivity contribution in [2.24, 2.45) is 10.4 Å². The number of pyridine rings is 1. The molecule has 1 aromatic heterocycles. The Morgan fingerprint density at radius 1 is 0.789 bits per heavy atom. The molecule has 5 aromatic rings. The normalized spacial score (nSPS) is 22.3. The van der Waals surface area contributed by atoms with Gasteiger partial charge in [-0.2, -0.15) is 6.07 Å². The van der Waals surface area contributed by atoms with Crippen molar-refractivity contribution < 1.29 is 38.0 Å². The maximum absolute atomic E-state index is 9.78. The number of anilines is 3. The van der Waals surface area contributed by atoms with E-state index < -0.39 is 22.9 Å². The molecule has 4 aromatic carbocycles. The minimum Gasteiger partial charge on any atom is -0.510 e. The first kappa shape index (κ1) is 36.9. The van der Waals surface area contributed by atoms with Gasteiger partial charge in [-0.1, -0.05) is 104 Å². The zero-order chi connectivity index (χ0) is 41.9. The van der Waals surface area contributed by atoms with Crippen molar-refractivity contribution in [2.75, 3.05) is 4.90 Å². The molecule has 0 saturated heterocycles. The molecule has 4 heterocycles. The molecular weight excluding hydrogens is 886 g/mol. The van der Waals surface area contributed by atoms with Crippen LogP contribution in [0.25, 0.3) is 0 Å². The fraction of sp³-hybridized carbons (Fsp3) is 0.400. The molecule has 4 aliphatic rings. The number of aryl methyl sites for hydroxylation is 5. The molecule has 6 nitrogen and oxygen atoms in total. The Labute approximate surface area is 356 Å². The molecule has 0 unspecified atom stereocenters. The smallest absolute Gasteiger partial charge is 0.510 e. The van der Waals surface area contributed by atoms with Crippen LogP contribution in [0.15, 0.2) is 59.7 Å². The minimum atomic E-state index is -1.84. The van der Waals surface area contributed by atoms with Gasteiger partial charge < -0.3 is 19.1 Å². The summed E-state index contributed by atoms with van der Waals surface area (Å²) in [6.07, 6.45) is 0.0326. The van der Waals surface area contributed by atoms with Crippen LogP contribution < -0.4 is 14.4 Å². The van der Waals surface area contributed by atoms with Crippen LogP contribution in [-0.4, -0.2) is 16.5 Å². The summed E-state index contributed by atoms with van der Waals surface area (Å²) >= 11 is 0. The van der Waals surface area contributed by atoms with Crippen molar-refractivity contribution in [2.45, 2.75) is 125 Å². The average Bonchev–Trinajstić information content (AvgIpc) is 3.52. The zero-order valence-corrected chi connectivity index (χ0v) is 37.9. The molecule has 0 fully saturated rings. The molecule has 296 valence electrons. The summed E-state index contributed by atoms with van der Waals surface area (Å²) in [6, 6.07) is 24.1. The van der Waals surface area contributed by atoms with Crippen LogP contribution in [0.2, 0.25) is 0 Å². The van der Waals surface area contributed by atoms with E-state index in [0.29, 0.717) is 40.1 Å². The van der Waals surface area contributed by atoms with Crippen molar-refractivity contribution in [1.82, 2.24) is 4.98 Å². The first-order valence-electron chi connectivity index (χ1n) is 20.7. The predicted molar refractivity (Wildman–Crippen MR) is 225 cm³/mol. The molecule has 0 radical (unpaired) electrons. The zero-order valence-electron chi connectivity index (χ0n) is 37.6. The Balaban J connectivity index is 0.00000484. The summed E-state index contributed by atoms with van der Waals surface area (Å²) in [5.74, 6) is 3.63. The van der Waals surface area contributed by atoms with E-state index in [9.17, 15) is 2.74 Å². The molecule has 2 atom stereocenters.